The first kappa shape index (κ1) is 21.0. The van der Waals surface area contributed by atoms with Gasteiger partial charge in [0.05, 0.1) is 0 Å². The summed E-state index contributed by atoms with van der Waals surface area (Å²) in [4.78, 5) is 12.5. The van der Waals surface area contributed by atoms with Crippen LogP contribution in [0.2, 0.25) is 0 Å². The molecule has 0 radical (unpaired) electrons. The Hall–Kier alpha value is -4.25. The molecule has 0 aliphatic heterocycles. The van der Waals surface area contributed by atoms with E-state index in [-0.39, 0.29) is 5.91 Å². The second-order valence-electron chi connectivity index (χ2n) is 7.08. The first-order chi connectivity index (χ1) is 15.7. The Morgan fingerprint density at radius 1 is 0.594 bits per heavy atom. The van der Waals surface area contributed by atoms with Gasteiger partial charge in [-0.05, 0) is 79.7 Å². The molecule has 0 saturated carbocycles. The van der Waals surface area contributed by atoms with Crippen LogP contribution in [0.1, 0.15) is 6.92 Å². The van der Waals surface area contributed by atoms with Crippen LogP contribution in [-0.4, -0.2) is 12.0 Å². The van der Waals surface area contributed by atoms with Crippen LogP contribution >= 0.6 is 0 Å². The minimum absolute atomic E-state index is 0.244. The summed E-state index contributed by atoms with van der Waals surface area (Å²) in [6.07, 6.45) is -0.670. The number of amides is 1. The van der Waals surface area contributed by atoms with E-state index < -0.39 is 6.10 Å². The maximum Gasteiger partial charge on any atom is 0.265 e. The maximum absolute atomic E-state index is 12.5. The molecule has 0 aromatic heterocycles. The van der Waals surface area contributed by atoms with Crippen LogP contribution in [0.5, 0.6) is 28.7 Å². The van der Waals surface area contributed by atoms with Crippen molar-refractivity contribution >= 4 is 11.6 Å². The van der Waals surface area contributed by atoms with Crippen molar-refractivity contribution in [2.75, 3.05) is 5.32 Å². The smallest absolute Gasteiger partial charge is 0.265 e. The summed E-state index contributed by atoms with van der Waals surface area (Å²) in [5.41, 5.74) is 0.664. The Bertz CT molecular complexity index is 1130. The molecule has 4 aromatic rings. The van der Waals surface area contributed by atoms with Gasteiger partial charge in [0, 0.05) is 5.69 Å². The standard InChI is InChI=1S/C27H23NO4/c1-20(30-24-16-18-26(19-17-24)32-23-10-6-3-7-11-23)27(29)28-21-12-14-25(15-13-21)31-22-8-4-2-5-9-22/h2-20H,1H3,(H,28,29). The summed E-state index contributed by atoms with van der Waals surface area (Å²) in [5.74, 6) is 3.24. The molecule has 0 saturated heterocycles. The molecule has 5 heteroatoms. The van der Waals surface area contributed by atoms with Gasteiger partial charge in [-0.2, -0.15) is 0 Å². The van der Waals surface area contributed by atoms with E-state index in [1.165, 1.54) is 0 Å². The molecule has 0 fully saturated rings. The third-order valence-electron chi connectivity index (χ3n) is 4.59. The van der Waals surface area contributed by atoms with Gasteiger partial charge in [-0.3, -0.25) is 4.79 Å². The number of benzene rings is 4. The minimum Gasteiger partial charge on any atom is -0.481 e. The average molecular weight is 425 g/mol. The fourth-order valence-electron chi connectivity index (χ4n) is 2.94. The highest BCUT2D eigenvalue weighted by atomic mass is 16.5. The van der Waals surface area contributed by atoms with Crippen LogP contribution in [-0.2, 0) is 4.79 Å². The summed E-state index contributed by atoms with van der Waals surface area (Å²) >= 11 is 0. The second kappa shape index (κ2) is 10.2. The molecular formula is C27H23NO4. The molecule has 1 unspecified atom stereocenters. The number of rotatable bonds is 8. The monoisotopic (exact) mass is 425 g/mol. The molecule has 0 heterocycles. The summed E-state index contributed by atoms with van der Waals surface area (Å²) < 4.78 is 17.3. The van der Waals surface area contributed by atoms with E-state index in [0.29, 0.717) is 22.9 Å². The van der Waals surface area contributed by atoms with Crippen LogP contribution in [0.3, 0.4) is 0 Å². The lowest BCUT2D eigenvalue weighted by molar-refractivity contribution is -0.122. The van der Waals surface area contributed by atoms with Crippen molar-refractivity contribution in [2.24, 2.45) is 0 Å². The third kappa shape index (κ3) is 5.89. The molecule has 0 aliphatic carbocycles. The Balaban J connectivity index is 1.29. The molecule has 4 rings (SSSR count). The number of hydrogen-bond donors (Lipinski definition) is 1. The lowest BCUT2D eigenvalue weighted by Crippen LogP contribution is -2.30. The van der Waals surface area contributed by atoms with Gasteiger partial charge in [0.15, 0.2) is 6.10 Å². The SMILES string of the molecule is CC(Oc1ccc(Oc2ccccc2)cc1)C(=O)Nc1ccc(Oc2ccccc2)cc1. The van der Waals surface area contributed by atoms with Crippen molar-refractivity contribution in [1.29, 1.82) is 0 Å². The maximum atomic E-state index is 12.5. The van der Waals surface area contributed by atoms with E-state index in [4.69, 9.17) is 14.2 Å². The average Bonchev–Trinajstić information content (AvgIpc) is 2.83. The molecule has 1 amide bonds. The van der Waals surface area contributed by atoms with E-state index in [2.05, 4.69) is 5.32 Å². The molecule has 0 bridgehead atoms. The van der Waals surface area contributed by atoms with Crippen molar-refractivity contribution in [3.8, 4) is 28.7 Å². The minimum atomic E-state index is -0.670. The summed E-state index contributed by atoms with van der Waals surface area (Å²) in [5, 5.41) is 2.85. The lowest BCUT2D eigenvalue weighted by Gasteiger charge is -2.15. The molecule has 0 spiro atoms. The summed E-state index contributed by atoms with van der Waals surface area (Å²) in [6, 6.07) is 33.4. The van der Waals surface area contributed by atoms with E-state index in [1.807, 2.05) is 60.7 Å². The van der Waals surface area contributed by atoms with Crippen LogP contribution in [0, 0.1) is 0 Å². The predicted molar refractivity (Wildman–Crippen MR) is 125 cm³/mol. The van der Waals surface area contributed by atoms with Crippen molar-refractivity contribution < 1.29 is 19.0 Å². The van der Waals surface area contributed by atoms with Gasteiger partial charge in [-0.25, -0.2) is 0 Å². The summed E-state index contributed by atoms with van der Waals surface area (Å²) in [7, 11) is 0. The van der Waals surface area contributed by atoms with Gasteiger partial charge in [0.25, 0.3) is 5.91 Å². The van der Waals surface area contributed by atoms with Crippen molar-refractivity contribution in [1.82, 2.24) is 0 Å². The van der Waals surface area contributed by atoms with Crippen LogP contribution in [0.15, 0.2) is 109 Å². The van der Waals surface area contributed by atoms with Gasteiger partial charge in [-0.1, -0.05) is 36.4 Å². The normalized spacial score (nSPS) is 11.3. The van der Waals surface area contributed by atoms with E-state index in [9.17, 15) is 4.79 Å². The lowest BCUT2D eigenvalue weighted by atomic mass is 10.2. The number of ether oxygens (including phenoxy) is 3. The van der Waals surface area contributed by atoms with Crippen molar-refractivity contribution in [2.45, 2.75) is 13.0 Å². The molecule has 5 nitrogen and oxygen atoms in total. The molecule has 32 heavy (non-hydrogen) atoms. The Morgan fingerprint density at radius 2 is 1.00 bits per heavy atom. The van der Waals surface area contributed by atoms with Crippen molar-refractivity contribution in [3.63, 3.8) is 0 Å². The number of carbonyl (C=O) groups is 1. The zero-order chi connectivity index (χ0) is 22.2. The predicted octanol–water partition coefficient (Wildman–Crippen LogP) is 6.68. The van der Waals surface area contributed by atoms with Gasteiger partial charge in [0.2, 0.25) is 0 Å². The van der Waals surface area contributed by atoms with Crippen LogP contribution in [0.25, 0.3) is 0 Å². The second-order valence-corrected chi connectivity index (χ2v) is 7.08. The highest BCUT2D eigenvalue weighted by Crippen LogP contribution is 2.25. The summed E-state index contributed by atoms with van der Waals surface area (Å²) in [6.45, 7) is 1.70. The molecule has 1 N–H and O–H groups in total. The fraction of sp³-hybridized carbons (Fsp3) is 0.0741. The van der Waals surface area contributed by atoms with E-state index in [1.54, 1.807) is 55.5 Å². The molecule has 0 aliphatic rings. The van der Waals surface area contributed by atoms with Crippen LogP contribution < -0.4 is 19.5 Å². The van der Waals surface area contributed by atoms with E-state index in [0.717, 1.165) is 11.5 Å². The largest absolute Gasteiger partial charge is 0.481 e. The Kier molecular flexibility index (Phi) is 6.68. The first-order valence-corrected chi connectivity index (χ1v) is 10.3. The number of para-hydroxylation sites is 2. The number of nitrogens with one attached hydrogen (secondary N) is 1. The zero-order valence-corrected chi connectivity index (χ0v) is 17.6. The first-order valence-electron chi connectivity index (χ1n) is 10.3. The fourth-order valence-corrected chi connectivity index (χ4v) is 2.94. The van der Waals surface area contributed by atoms with Gasteiger partial charge >= 0.3 is 0 Å². The molecule has 4 aromatic carbocycles. The van der Waals surface area contributed by atoms with Crippen LogP contribution in [0.4, 0.5) is 5.69 Å². The van der Waals surface area contributed by atoms with E-state index >= 15 is 0 Å². The highest BCUT2D eigenvalue weighted by Gasteiger charge is 2.15. The van der Waals surface area contributed by atoms with Crippen molar-refractivity contribution in [3.05, 3.63) is 109 Å². The quantitative estimate of drug-likeness (QED) is 0.342. The Morgan fingerprint density at radius 3 is 1.50 bits per heavy atom. The highest BCUT2D eigenvalue weighted by molar-refractivity contribution is 5.94. The topological polar surface area (TPSA) is 56.8 Å². The molecule has 1 atom stereocenters. The number of carbonyl (C=O) groups excluding carboxylic acids is 1. The number of hydrogen-bond acceptors (Lipinski definition) is 4. The molecule has 160 valence electrons. The zero-order valence-electron chi connectivity index (χ0n) is 17.6. The Labute approximate surface area is 187 Å². The number of anilines is 1. The third-order valence-corrected chi connectivity index (χ3v) is 4.59. The molecular weight excluding hydrogens is 402 g/mol. The van der Waals surface area contributed by atoms with Gasteiger partial charge in [0.1, 0.15) is 28.7 Å². The van der Waals surface area contributed by atoms with Gasteiger partial charge < -0.3 is 19.5 Å². The van der Waals surface area contributed by atoms with Gasteiger partial charge in [-0.15, -0.1) is 0 Å².